The summed E-state index contributed by atoms with van der Waals surface area (Å²) in [5.74, 6) is -1.03. The van der Waals surface area contributed by atoms with Crippen LogP contribution < -0.4 is 5.69 Å². The first-order valence-corrected chi connectivity index (χ1v) is 7.00. The number of H-pyrrole nitrogens is 1. The number of hydrogen-bond donors (Lipinski definition) is 2. The van der Waals surface area contributed by atoms with Crippen LogP contribution in [0.25, 0.3) is 16.7 Å². The first kappa shape index (κ1) is 13.6. The molecule has 0 aliphatic rings. The lowest BCUT2D eigenvalue weighted by molar-refractivity contribution is 0.0697. The summed E-state index contributed by atoms with van der Waals surface area (Å²) in [5.41, 5.74) is 2.66. The van der Waals surface area contributed by atoms with Crippen LogP contribution in [0.3, 0.4) is 0 Å². The third-order valence-electron chi connectivity index (χ3n) is 3.22. The normalized spacial score (nSPS) is 11.0. The number of fused-ring (bicyclic) bond motifs is 1. The Balaban J connectivity index is 2.35. The Morgan fingerprint density at radius 2 is 2.00 bits per heavy atom. The quantitative estimate of drug-likeness (QED) is 0.748. The number of nitrogens with one attached hydrogen (secondary N) is 1. The van der Waals surface area contributed by atoms with Gasteiger partial charge >= 0.3 is 11.7 Å². The van der Waals surface area contributed by atoms with E-state index >= 15 is 0 Å². The molecule has 6 heteroatoms. The molecule has 21 heavy (non-hydrogen) atoms. The van der Waals surface area contributed by atoms with Crippen LogP contribution in [-0.2, 0) is 0 Å². The van der Waals surface area contributed by atoms with Gasteiger partial charge in [0.25, 0.3) is 0 Å². The molecule has 3 rings (SSSR count). The standard InChI is InChI=1S/C15H11BrN2O3/c1-8-4-10(16)7-11(5-8)18-13-6-9(14(19)20)2-3-12(13)17-15(18)21/h2-7H,1H3,(H,17,21)(H,19,20). The van der Waals surface area contributed by atoms with Gasteiger partial charge in [0.15, 0.2) is 0 Å². The van der Waals surface area contributed by atoms with Crippen LogP contribution in [0, 0.1) is 6.92 Å². The second-order valence-corrected chi connectivity index (χ2v) is 5.71. The highest BCUT2D eigenvalue weighted by molar-refractivity contribution is 9.10. The SMILES string of the molecule is Cc1cc(Br)cc(-n2c(=O)[nH]c3ccc(C(=O)O)cc32)c1. The van der Waals surface area contributed by atoms with E-state index in [2.05, 4.69) is 20.9 Å². The number of hydrogen-bond acceptors (Lipinski definition) is 2. The Morgan fingerprint density at radius 1 is 1.24 bits per heavy atom. The zero-order valence-electron chi connectivity index (χ0n) is 11.1. The van der Waals surface area contributed by atoms with Crippen LogP contribution >= 0.6 is 15.9 Å². The van der Waals surface area contributed by atoms with Crippen LogP contribution in [0.2, 0.25) is 0 Å². The van der Waals surface area contributed by atoms with Crippen molar-refractivity contribution in [3.05, 3.63) is 62.5 Å². The van der Waals surface area contributed by atoms with Crippen molar-refractivity contribution in [3.63, 3.8) is 0 Å². The van der Waals surface area contributed by atoms with Gasteiger partial charge in [0.1, 0.15) is 0 Å². The van der Waals surface area contributed by atoms with Gasteiger partial charge < -0.3 is 10.1 Å². The largest absolute Gasteiger partial charge is 0.478 e. The number of benzene rings is 2. The fourth-order valence-corrected chi connectivity index (χ4v) is 2.93. The molecule has 2 N–H and O–H groups in total. The number of carbonyl (C=O) groups is 1. The Bertz CT molecular complexity index is 904. The average molecular weight is 347 g/mol. The summed E-state index contributed by atoms with van der Waals surface area (Å²) in [6, 6.07) is 10.2. The lowest BCUT2D eigenvalue weighted by atomic mass is 10.2. The van der Waals surface area contributed by atoms with E-state index in [1.54, 1.807) is 6.07 Å². The molecule has 0 amide bonds. The van der Waals surface area contributed by atoms with Crippen LogP contribution in [0.15, 0.2) is 45.7 Å². The Labute approximate surface area is 128 Å². The molecule has 1 heterocycles. The minimum absolute atomic E-state index is 0.141. The fraction of sp³-hybridized carbons (Fsp3) is 0.0667. The number of rotatable bonds is 2. The molecule has 0 fully saturated rings. The molecular formula is C15H11BrN2O3. The van der Waals surface area contributed by atoms with Crippen molar-refractivity contribution < 1.29 is 9.90 Å². The predicted molar refractivity (Wildman–Crippen MR) is 83.3 cm³/mol. The van der Waals surface area contributed by atoms with Crippen molar-refractivity contribution in [2.75, 3.05) is 0 Å². The van der Waals surface area contributed by atoms with Crippen LogP contribution in [0.5, 0.6) is 0 Å². The first-order chi connectivity index (χ1) is 9.95. The van der Waals surface area contributed by atoms with Crippen molar-refractivity contribution in [1.29, 1.82) is 0 Å². The number of aromatic carboxylic acids is 1. The van der Waals surface area contributed by atoms with Crippen molar-refractivity contribution in [2.24, 2.45) is 0 Å². The van der Waals surface area contributed by atoms with E-state index in [0.717, 1.165) is 10.0 Å². The summed E-state index contributed by atoms with van der Waals surface area (Å²) in [7, 11) is 0. The van der Waals surface area contributed by atoms with Gasteiger partial charge in [-0.2, -0.15) is 0 Å². The summed E-state index contributed by atoms with van der Waals surface area (Å²) in [4.78, 5) is 26.0. The van der Waals surface area contributed by atoms with Crippen LogP contribution in [0.1, 0.15) is 15.9 Å². The van der Waals surface area contributed by atoms with E-state index < -0.39 is 5.97 Å². The molecule has 0 bridgehead atoms. The lowest BCUT2D eigenvalue weighted by Crippen LogP contribution is -2.14. The van der Waals surface area contributed by atoms with Crippen molar-refractivity contribution >= 4 is 32.9 Å². The van der Waals surface area contributed by atoms with Gasteiger partial charge in [-0.05, 0) is 48.9 Å². The summed E-state index contributed by atoms with van der Waals surface area (Å²) in [6.45, 7) is 1.93. The predicted octanol–water partition coefficient (Wildman–Crippen LogP) is 3.09. The lowest BCUT2D eigenvalue weighted by Gasteiger charge is -2.06. The molecule has 0 saturated carbocycles. The molecule has 0 saturated heterocycles. The zero-order chi connectivity index (χ0) is 15.1. The van der Waals surface area contributed by atoms with Crippen molar-refractivity contribution in [3.8, 4) is 5.69 Å². The Hall–Kier alpha value is -2.34. The van der Waals surface area contributed by atoms with Gasteiger partial charge in [0, 0.05) is 4.47 Å². The molecule has 0 aliphatic heterocycles. The van der Waals surface area contributed by atoms with Crippen molar-refractivity contribution in [1.82, 2.24) is 9.55 Å². The molecule has 0 spiro atoms. The summed E-state index contributed by atoms with van der Waals surface area (Å²) < 4.78 is 2.33. The maximum Gasteiger partial charge on any atom is 0.335 e. The topological polar surface area (TPSA) is 75.1 Å². The molecular weight excluding hydrogens is 336 g/mol. The van der Waals surface area contributed by atoms with E-state index in [-0.39, 0.29) is 11.3 Å². The number of nitrogens with zero attached hydrogens (tertiary/aromatic N) is 1. The molecule has 106 valence electrons. The summed E-state index contributed by atoms with van der Waals surface area (Å²) in [5, 5.41) is 9.10. The third-order valence-corrected chi connectivity index (χ3v) is 3.67. The van der Waals surface area contributed by atoms with Crippen LogP contribution in [-0.4, -0.2) is 20.6 Å². The maximum absolute atomic E-state index is 12.2. The van der Waals surface area contributed by atoms with Gasteiger partial charge in [-0.3, -0.25) is 4.57 Å². The molecule has 0 aliphatic carbocycles. The Morgan fingerprint density at radius 3 is 2.67 bits per heavy atom. The smallest absolute Gasteiger partial charge is 0.335 e. The minimum Gasteiger partial charge on any atom is -0.478 e. The monoisotopic (exact) mass is 346 g/mol. The van der Waals surface area contributed by atoms with Crippen molar-refractivity contribution in [2.45, 2.75) is 6.92 Å². The first-order valence-electron chi connectivity index (χ1n) is 6.21. The second kappa shape index (κ2) is 4.89. The molecule has 5 nitrogen and oxygen atoms in total. The van der Waals surface area contributed by atoms with Gasteiger partial charge in [0.2, 0.25) is 0 Å². The van der Waals surface area contributed by atoms with Gasteiger partial charge in [-0.25, -0.2) is 9.59 Å². The molecule has 3 aromatic rings. The second-order valence-electron chi connectivity index (χ2n) is 4.79. The molecule has 0 atom stereocenters. The highest BCUT2D eigenvalue weighted by atomic mass is 79.9. The van der Waals surface area contributed by atoms with E-state index in [4.69, 9.17) is 5.11 Å². The van der Waals surface area contributed by atoms with E-state index in [1.807, 2.05) is 25.1 Å². The number of carboxylic acid groups (broad SMARTS) is 1. The Kier molecular flexibility index (Phi) is 3.17. The number of aromatic nitrogens is 2. The summed E-state index contributed by atoms with van der Waals surface area (Å²) in [6.07, 6.45) is 0. The summed E-state index contributed by atoms with van der Waals surface area (Å²) >= 11 is 3.41. The number of aromatic amines is 1. The fourth-order valence-electron chi connectivity index (χ4n) is 2.34. The highest BCUT2D eigenvalue weighted by Gasteiger charge is 2.12. The minimum atomic E-state index is -1.03. The van der Waals surface area contributed by atoms with Gasteiger partial charge in [-0.15, -0.1) is 0 Å². The average Bonchev–Trinajstić information content (AvgIpc) is 2.72. The van der Waals surface area contributed by atoms with Gasteiger partial charge in [0.05, 0.1) is 22.3 Å². The number of halogens is 1. The highest BCUT2D eigenvalue weighted by Crippen LogP contribution is 2.21. The van der Waals surface area contributed by atoms with E-state index in [9.17, 15) is 9.59 Å². The maximum atomic E-state index is 12.2. The van der Waals surface area contributed by atoms with E-state index in [1.165, 1.54) is 16.7 Å². The number of imidazole rings is 1. The van der Waals surface area contributed by atoms with E-state index in [0.29, 0.717) is 16.7 Å². The number of aryl methyl sites for hydroxylation is 1. The zero-order valence-corrected chi connectivity index (χ0v) is 12.6. The van der Waals surface area contributed by atoms with Crippen LogP contribution in [0.4, 0.5) is 0 Å². The third kappa shape index (κ3) is 2.38. The molecule has 1 aromatic heterocycles. The molecule has 0 radical (unpaired) electrons. The molecule has 0 unspecified atom stereocenters. The number of carboxylic acids is 1. The van der Waals surface area contributed by atoms with Gasteiger partial charge in [-0.1, -0.05) is 15.9 Å². The molecule has 2 aromatic carbocycles.